The Kier molecular flexibility index (Phi) is 3.33. The molecule has 0 saturated carbocycles. The predicted octanol–water partition coefficient (Wildman–Crippen LogP) is 0.410. The van der Waals surface area contributed by atoms with E-state index in [1.165, 1.54) is 6.42 Å². The van der Waals surface area contributed by atoms with E-state index in [-0.39, 0.29) is 0 Å². The Morgan fingerprint density at radius 2 is 2.20 bits per heavy atom. The van der Waals surface area contributed by atoms with Crippen LogP contribution in [-0.2, 0) is 10.0 Å². The smallest absolute Gasteiger partial charge is 0.214 e. The van der Waals surface area contributed by atoms with Gasteiger partial charge in [-0.05, 0) is 31.7 Å². The number of sulfonamides is 1. The molecule has 0 bridgehead atoms. The van der Waals surface area contributed by atoms with E-state index in [0.29, 0.717) is 30.7 Å². The first-order chi connectivity index (χ1) is 7.13. The van der Waals surface area contributed by atoms with Gasteiger partial charge in [0.05, 0.1) is 5.75 Å². The summed E-state index contributed by atoms with van der Waals surface area (Å²) < 4.78 is 25.4. The molecule has 0 amide bonds. The van der Waals surface area contributed by atoms with E-state index in [0.717, 1.165) is 19.5 Å². The molecule has 2 aliphatic rings. The average molecular weight is 232 g/mol. The second kappa shape index (κ2) is 4.39. The van der Waals surface area contributed by atoms with Crippen molar-refractivity contribution in [1.82, 2.24) is 9.62 Å². The van der Waals surface area contributed by atoms with Crippen LogP contribution in [0.25, 0.3) is 0 Å². The molecule has 2 rings (SSSR count). The average Bonchev–Trinajstić information content (AvgIpc) is 2.63. The Morgan fingerprint density at radius 1 is 1.40 bits per heavy atom. The van der Waals surface area contributed by atoms with E-state index in [9.17, 15) is 8.42 Å². The van der Waals surface area contributed by atoms with E-state index in [1.807, 2.05) is 6.92 Å². The van der Waals surface area contributed by atoms with Gasteiger partial charge in [0.25, 0.3) is 0 Å². The minimum Gasteiger partial charge on any atom is -0.312 e. The van der Waals surface area contributed by atoms with Crippen molar-refractivity contribution in [2.45, 2.75) is 32.2 Å². The van der Waals surface area contributed by atoms with Crippen molar-refractivity contribution in [2.75, 3.05) is 25.4 Å². The summed E-state index contributed by atoms with van der Waals surface area (Å²) in [7, 11) is -2.98. The lowest BCUT2D eigenvalue weighted by molar-refractivity contribution is 0.249. The van der Waals surface area contributed by atoms with Crippen molar-refractivity contribution in [2.24, 2.45) is 5.92 Å². The highest BCUT2D eigenvalue weighted by Crippen LogP contribution is 2.26. The fraction of sp³-hybridized carbons (Fsp3) is 1.00. The number of nitrogens with zero attached hydrogens (tertiary/aromatic N) is 1. The number of nitrogens with one attached hydrogen (secondary N) is 1. The third-order valence-electron chi connectivity index (χ3n) is 3.50. The van der Waals surface area contributed by atoms with Crippen LogP contribution in [0.15, 0.2) is 0 Å². The summed E-state index contributed by atoms with van der Waals surface area (Å²) in [6.07, 6.45) is 2.95. The summed E-state index contributed by atoms with van der Waals surface area (Å²) in [6, 6.07) is 0.408. The second-order valence-corrected chi connectivity index (χ2v) is 6.66. The Morgan fingerprint density at radius 3 is 2.93 bits per heavy atom. The normalized spacial score (nSPS) is 32.9. The zero-order chi connectivity index (χ0) is 10.9. The van der Waals surface area contributed by atoms with E-state index in [4.69, 9.17) is 0 Å². The Labute approximate surface area is 92.1 Å². The number of fused-ring (bicyclic) bond motifs is 1. The second-order valence-electron chi connectivity index (χ2n) is 4.57. The van der Waals surface area contributed by atoms with Gasteiger partial charge >= 0.3 is 0 Å². The van der Waals surface area contributed by atoms with E-state index in [1.54, 1.807) is 4.31 Å². The maximum atomic E-state index is 11.9. The van der Waals surface area contributed by atoms with Crippen molar-refractivity contribution in [1.29, 1.82) is 0 Å². The van der Waals surface area contributed by atoms with Gasteiger partial charge in [0.15, 0.2) is 0 Å². The molecule has 5 heteroatoms. The molecule has 2 aliphatic heterocycles. The standard InChI is InChI=1S/C10H20N2O2S/c1-2-7-15(13,14)12-6-4-9-3-5-11-10(9)8-12/h9-11H,2-8H2,1H3/t9-,10+/m0/s1. The highest BCUT2D eigenvalue weighted by Gasteiger charge is 2.36. The molecule has 4 nitrogen and oxygen atoms in total. The van der Waals surface area contributed by atoms with Crippen molar-refractivity contribution in [3.05, 3.63) is 0 Å². The van der Waals surface area contributed by atoms with Gasteiger partial charge in [-0.2, -0.15) is 0 Å². The molecule has 0 unspecified atom stereocenters. The summed E-state index contributed by atoms with van der Waals surface area (Å²) in [5.74, 6) is 1.00. The summed E-state index contributed by atoms with van der Waals surface area (Å²) in [5, 5.41) is 3.40. The SMILES string of the molecule is CCCS(=O)(=O)N1CC[C@@H]2CCN[C@@H]2C1. The van der Waals surface area contributed by atoms with E-state index in [2.05, 4.69) is 5.32 Å². The number of hydrogen-bond donors (Lipinski definition) is 1. The van der Waals surface area contributed by atoms with Crippen LogP contribution in [0.1, 0.15) is 26.2 Å². The lowest BCUT2D eigenvalue weighted by atomic mass is 9.94. The van der Waals surface area contributed by atoms with Crippen molar-refractivity contribution < 1.29 is 8.42 Å². The quantitative estimate of drug-likeness (QED) is 0.767. The van der Waals surface area contributed by atoms with Gasteiger partial charge < -0.3 is 5.32 Å². The topological polar surface area (TPSA) is 49.4 Å². The summed E-state index contributed by atoms with van der Waals surface area (Å²) >= 11 is 0. The molecule has 0 aromatic heterocycles. The van der Waals surface area contributed by atoms with Crippen LogP contribution in [0.3, 0.4) is 0 Å². The molecule has 2 heterocycles. The van der Waals surface area contributed by atoms with Crippen LogP contribution >= 0.6 is 0 Å². The number of rotatable bonds is 3. The zero-order valence-electron chi connectivity index (χ0n) is 9.28. The van der Waals surface area contributed by atoms with Gasteiger partial charge in [0.1, 0.15) is 0 Å². The summed E-state index contributed by atoms with van der Waals surface area (Å²) in [4.78, 5) is 0. The van der Waals surface area contributed by atoms with Crippen LogP contribution in [0, 0.1) is 5.92 Å². The molecule has 0 radical (unpaired) electrons. The van der Waals surface area contributed by atoms with Gasteiger partial charge in [-0.25, -0.2) is 12.7 Å². The van der Waals surface area contributed by atoms with Crippen LogP contribution in [0.5, 0.6) is 0 Å². The third kappa shape index (κ3) is 2.34. The van der Waals surface area contributed by atoms with E-state index >= 15 is 0 Å². The largest absolute Gasteiger partial charge is 0.312 e. The first-order valence-corrected chi connectivity index (χ1v) is 7.45. The van der Waals surface area contributed by atoms with Gasteiger partial charge in [0, 0.05) is 19.1 Å². The molecule has 2 atom stereocenters. The summed E-state index contributed by atoms with van der Waals surface area (Å²) in [5.41, 5.74) is 0. The first-order valence-electron chi connectivity index (χ1n) is 5.84. The van der Waals surface area contributed by atoms with Gasteiger partial charge in [-0.1, -0.05) is 6.92 Å². The molecular formula is C10H20N2O2S. The molecule has 88 valence electrons. The maximum absolute atomic E-state index is 11.9. The molecule has 0 aromatic carbocycles. The van der Waals surface area contributed by atoms with Gasteiger partial charge in [-0.15, -0.1) is 0 Å². The molecule has 0 aromatic rings. The summed E-state index contributed by atoms with van der Waals surface area (Å²) in [6.45, 7) is 4.38. The maximum Gasteiger partial charge on any atom is 0.214 e. The third-order valence-corrected chi connectivity index (χ3v) is 5.54. The predicted molar refractivity (Wildman–Crippen MR) is 60.2 cm³/mol. The lowest BCUT2D eigenvalue weighted by Gasteiger charge is -2.33. The van der Waals surface area contributed by atoms with E-state index < -0.39 is 10.0 Å². The molecule has 0 spiro atoms. The van der Waals surface area contributed by atoms with Crippen molar-refractivity contribution in [3.8, 4) is 0 Å². The zero-order valence-corrected chi connectivity index (χ0v) is 10.1. The molecule has 2 saturated heterocycles. The molecule has 0 aliphatic carbocycles. The molecule has 2 fully saturated rings. The highest BCUT2D eigenvalue weighted by atomic mass is 32.2. The van der Waals surface area contributed by atoms with Crippen molar-refractivity contribution in [3.63, 3.8) is 0 Å². The Hall–Kier alpha value is -0.130. The Bertz CT molecular complexity index is 315. The lowest BCUT2D eigenvalue weighted by Crippen LogP contribution is -2.49. The molecule has 1 N–H and O–H groups in total. The van der Waals surface area contributed by atoms with Crippen LogP contribution in [0.2, 0.25) is 0 Å². The fourth-order valence-electron chi connectivity index (χ4n) is 2.64. The minimum absolute atomic E-state index is 0.296. The fourth-order valence-corrected chi connectivity index (χ4v) is 4.19. The number of piperidine rings is 1. The van der Waals surface area contributed by atoms with Crippen LogP contribution in [0.4, 0.5) is 0 Å². The highest BCUT2D eigenvalue weighted by molar-refractivity contribution is 7.89. The first kappa shape index (κ1) is 11.4. The molecular weight excluding hydrogens is 212 g/mol. The molecule has 15 heavy (non-hydrogen) atoms. The van der Waals surface area contributed by atoms with Crippen LogP contribution in [-0.4, -0.2) is 44.2 Å². The minimum atomic E-state index is -2.98. The van der Waals surface area contributed by atoms with Gasteiger partial charge in [0.2, 0.25) is 10.0 Å². The monoisotopic (exact) mass is 232 g/mol. The van der Waals surface area contributed by atoms with Crippen LogP contribution < -0.4 is 5.32 Å². The Balaban J connectivity index is 2.00. The van der Waals surface area contributed by atoms with Gasteiger partial charge in [-0.3, -0.25) is 0 Å². The number of hydrogen-bond acceptors (Lipinski definition) is 3. The van der Waals surface area contributed by atoms with Crippen molar-refractivity contribution >= 4 is 10.0 Å².